The van der Waals surface area contributed by atoms with Gasteiger partial charge in [0, 0.05) is 12.7 Å². The minimum absolute atomic E-state index is 0.266. The minimum Gasteiger partial charge on any atom is -0.391 e. The van der Waals surface area contributed by atoms with Crippen LogP contribution in [0.2, 0.25) is 0 Å². The van der Waals surface area contributed by atoms with Crippen molar-refractivity contribution in [1.82, 2.24) is 9.97 Å². The number of aliphatic hydroxyl groups is 1. The molecule has 1 fully saturated rings. The third-order valence-electron chi connectivity index (χ3n) is 3.44. The maximum absolute atomic E-state index is 10.1. The number of aliphatic hydroxyl groups excluding tert-OH is 1. The highest BCUT2D eigenvalue weighted by molar-refractivity contribution is 5.31. The third kappa shape index (κ3) is 3.66. The van der Waals surface area contributed by atoms with Gasteiger partial charge in [-0.2, -0.15) is 0 Å². The number of hydrogen-bond acceptors (Lipinski definition) is 4. The second kappa shape index (κ2) is 5.96. The van der Waals surface area contributed by atoms with Gasteiger partial charge in [-0.05, 0) is 25.7 Å². The molecule has 0 bridgehead atoms. The summed E-state index contributed by atoms with van der Waals surface area (Å²) in [4.78, 5) is 8.37. The lowest BCUT2D eigenvalue weighted by atomic mass is 9.85. The van der Waals surface area contributed by atoms with E-state index in [1.165, 1.54) is 19.3 Å². The van der Waals surface area contributed by atoms with Crippen molar-refractivity contribution in [2.24, 2.45) is 5.92 Å². The van der Waals surface area contributed by atoms with E-state index in [-0.39, 0.29) is 6.10 Å². The van der Waals surface area contributed by atoms with Gasteiger partial charge in [0.25, 0.3) is 0 Å². The number of hydrogen-bond donors (Lipinski definition) is 2. The van der Waals surface area contributed by atoms with Crippen molar-refractivity contribution in [3.05, 3.63) is 18.1 Å². The summed E-state index contributed by atoms with van der Waals surface area (Å²) in [6, 6.07) is 0. The van der Waals surface area contributed by atoms with Crippen molar-refractivity contribution < 1.29 is 5.11 Å². The molecule has 1 saturated carbocycles. The largest absolute Gasteiger partial charge is 0.391 e. The summed E-state index contributed by atoms with van der Waals surface area (Å²) in [5, 5.41) is 13.3. The molecule has 1 aliphatic carbocycles. The molecule has 1 unspecified atom stereocenters. The molecular formula is C13H21N3O. The molecule has 1 aliphatic rings. The molecule has 94 valence electrons. The summed E-state index contributed by atoms with van der Waals surface area (Å²) >= 11 is 0. The van der Waals surface area contributed by atoms with E-state index in [9.17, 15) is 5.11 Å². The predicted octanol–water partition coefficient (Wildman–Crippen LogP) is 2.14. The molecule has 0 aliphatic heterocycles. The van der Waals surface area contributed by atoms with E-state index >= 15 is 0 Å². The van der Waals surface area contributed by atoms with Crippen LogP contribution in [0.5, 0.6) is 0 Å². The SMILES string of the molecule is Cc1cncc(NCC(O)C2CCCCC2)n1. The van der Waals surface area contributed by atoms with Crippen LogP contribution in [-0.2, 0) is 0 Å². The topological polar surface area (TPSA) is 58.0 Å². The van der Waals surface area contributed by atoms with Gasteiger partial charge in [0.2, 0.25) is 0 Å². The van der Waals surface area contributed by atoms with Gasteiger partial charge in [-0.1, -0.05) is 19.3 Å². The molecule has 0 radical (unpaired) electrons. The lowest BCUT2D eigenvalue weighted by Gasteiger charge is -2.26. The monoisotopic (exact) mass is 235 g/mol. The summed E-state index contributed by atoms with van der Waals surface area (Å²) in [5.41, 5.74) is 0.891. The van der Waals surface area contributed by atoms with Crippen molar-refractivity contribution in [3.63, 3.8) is 0 Å². The standard InChI is InChI=1S/C13H21N3O/c1-10-7-14-9-13(16-10)15-8-12(17)11-5-3-2-4-6-11/h7,9,11-12,17H,2-6,8H2,1H3,(H,15,16). The predicted molar refractivity (Wildman–Crippen MR) is 67.8 cm³/mol. The molecule has 2 rings (SSSR count). The van der Waals surface area contributed by atoms with Crippen molar-refractivity contribution in [2.75, 3.05) is 11.9 Å². The second-order valence-electron chi connectivity index (χ2n) is 4.89. The normalized spacial score (nSPS) is 18.9. The number of nitrogens with zero attached hydrogens (tertiary/aromatic N) is 2. The van der Waals surface area contributed by atoms with Crippen LogP contribution >= 0.6 is 0 Å². The van der Waals surface area contributed by atoms with Crippen molar-refractivity contribution in [3.8, 4) is 0 Å². The van der Waals surface area contributed by atoms with E-state index in [0.29, 0.717) is 12.5 Å². The molecule has 4 heteroatoms. The lowest BCUT2D eigenvalue weighted by molar-refractivity contribution is 0.0955. The number of nitrogens with one attached hydrogen (secondary N) is 1. The average molecular weight is 235 g/mol. The molecule has 0 aromatic carbocycles. The van der Waals surface area contributed by atoms with E-state index in [2.05, 4.69) is 15.3 Å². The van der Waals surface area contributed by atoms with Gasteiger partial charge in [-0.3, -0.25) is 4.98 Å². The van der Waals surface area contributed by atoms with Crippen LogP contribution in [0.3, 0.4) is 0 Å². The van der Waals surface area contributed by atoms with Crippen molar-refractivity contribution >= 4 is 5.82 Å². The first-order valence-corrected chi connectivity index (χ1v) is 6.46. The van der Waals surface area contributed by atoms with Gasteiger partial charge in [-0.25, -0.2) is 4.98 Å². The van der Waals surface area contributed by atoms with Gasteiger partial charge >= 0.3 is 0 Å². The third-order valence-corrected chi connectivity index (χ3v) is 3.44. The van der Waals surface area contributed by atoms with Crippen LogP contribution in [0.1, 0.15) is 37.8 Å². The van der Waals surface area contributed by atoms with Gasteiger partial charge in [0.1, 0.15) is 5.82 Å². The molecule has 0 saturated heterocycles. The summed E-state index contributed by atoms with van der Waals surface area (Å²) in [6.45, 7) is 2.48. The zero-order valence-electron chi connectivity index (χ0n) is 10.4. The molecule has 0 spiro atoms. The van der Waals surface area contributed by atoms with Gasteiger partial charge < -0.3 is 10.4 Å². The fourth-order valence-electron chi connectivity index (χ4n) is 2.44. The van der Waals surface area contributed by atoms with E-state index in [1.54, 1.807) is 12.4 Å². The van der Waals surface area contributed by atoms with Gasteiger partial charge in [0.15, 0.2) is 0 Å². The average Bonchev–Trinajstić information content (AvgIpc) is 2.37. The first-order valence-electron chi connectivity index (χ1n) is 6.46. The van der Waals surface area contributed by atoms with Crippen LogP contribution in [0.4, 0.5) is 5.82 Å². The number of anilines is 1. The van der Waals surface area contributed by atoms with Crippen molar-refractivity contribution in [2.45, 2.75) is 45.1 Å². The Bertz CT molecular complexity index is 350. The van der Waals surface area contributed by atoms with Crippen molar-refractivity contribution in [1.29, 1.82) is 0 Å². The smallest absolute Gasteiger partial charge is 0.144 e. The summed E-state index contributed by atoms with van der Waals surface area (Å²) < 4.78 is 0. The molecule has 17 heavy (non-hydrogen) atoms. The van der Waals surface area contributed by atoms with E-state index in [0.717, 1.165) is 24.4 Å². The Morgan fingerprint density at radius 3 is 2.82 bits per heavy atom. The maximum Gasteiger partial charge on any atom is 0.144 e. The Morgan fingerprint density at radius 1 is 1.35 bits per heavy atom. The Morgan fingerprint density at radius 2 is 2.12 bits per heavy atom. The zero-order valence-corrected chi connectivity index (χ0v) is 10.4. The molecule has 4 nitrogen and oxygen atoms in total. The fourth-order valence-corrected chi connectivity index (χ4v) is 2.44. The Hall–Kier alpha value is -1.16. The number of rotatable bonds is 4. The molecule has 1 heterocycles. The fraction of sp³-hybridized carbons (Fsp3) is 0.692. The lowest BCUT2D eigenvalue weighted by Crippen LogP contribution is -2.30. The second-order valence-corrected chi connectivity index (χ2v) is 4.89. The van der Waals surface area contributed by atoms with Crippen LogP contribution < -0.4 is 5.32 Å². The highest BCUT2D eigenvalue weighted by Crippen LogP contribution is 2.26. The zero-order chi connectivity index (χ0) is 12.1. The first kappa shape index (κ1) is 12.3. The Labute approximate surface area is 102 Å². The highest BCUT2D eigenvalue weighted by atomic mass is 16.3. The quantitative estimate of drug-likeness (QED) is 0.839. The molecule has 2 N–H and O–H groups in total. The summed E-state index contributed by atoms with van der Waals surface area (Å²) in [6.07, 6.45) is 9.30. The van der Waals surface area contributed by atoms with Crippen LogP contribution in [-0.4, -0.2) is 27.7 Å². The molecule has 0 amide bonds. The summed E-state index contributed by atoms with van der Waals surface area (Å²) in [5.74, 6) is 1.20. The summed E-state index contributed by atoms with van der Waals surface area (Å²) in [7, 11) is 0. The number of aryl methyl sites for hydroxylation is 1. The Kier molecular flexibility index (Phi) is 4.31. The van der Waals surface area contributed by atoms with E-state index < -0.39 is 0 Å². The first-order chi connectivity index (χ1) is 8.25. The van der Waals surface area contributed by atoms with Gasteiger partial charge in [0.05, 0.1) is 18.0 Å². The van der Waals surface area contributed by atoms with Crippen LogP contribution in [0.15, 0.2) is 12.4 Å². The number of aromatic nitrogens is 2. The minimum atomic E-state index is -0.266. The molecule has 1 aromatic heterocycles. The highest BCUT2D eigenvalue weighted by Gasteiger charge is 2.21. The molecule has 1 atom stereocenters. The van der Waals surface area contributed by atoms with Crippen LogP contribution in [0.25, 0.3) is 0 Å². The molecule has 1 aromatic rings. The Balaban J connectivity index is 1.80. The maximum atomic E-state index is 10.1. The molecular weight excluding hydrogens is 214 g/mol. The van der Waals surface area contributed by atoms with E-state index in [4.69, 9.17) is 0 Å². The van der Waals surface area contributed by atoms with Crippen LogP contribution in [0, 0.1) is 12.8 Å². The van der Waals surface area contributed by atoms with Gasteiger partial charge in [-0.15, -0.1) is 0 Å². The van der Waals surface area contributed by atoms with E-state index in [1.807, 2.05) is 6.92 Å².